The van der Waals surface area contributed by atoms with Crippen LogP contribution >= 0.6 is 11.3 Å². The molecular weight excluding hydrogens is 288 g/mol. The minimum atomic E-state index is -0.160. The fourth-order valence-corrected chi connectivity index (χ4v) is 2.20. The molecule has 1 aromatic rings. The Kier molecular flexibility index (Phi) is 7.49. The van der Waals surface area contributed by atoms with Crippen molar-refractivity contribution in [1.29, 1.82) is 0 Å². The van der Waals surface area contributed by atoms with Crippen LogP contribution in [0.15, 0.2) is 12.2 Å². The monoisotopic (exact) mass is 312 g/mol. The van der Waals surface area contributed by atoms with Crippen LogP contribution in [-0.2, 0) is 16.1 Å². The summed E-state index contributed by atoms with van der Waals surface area (Å²) in [7, 11) is 3.90. The summed E-state index contributed by atoms with van der Waals surface area (Å²) < 4.78 is 5.48. The summed E-state index contributed by atoms with van der Waals surface area (Å²) in [6.07, 6.45) is 3.53. The maximum absolute atomic E-state index is 11.7. The van der Waals surface area contributed by atoms with Gasteiger partial charge in [0, 0.05) is 12.6 Å². The molecule has 1 rings (SSSR count). The topological polar surface area (TPSA) is 67.4 Å². The average Bonchev–Trinajstić information content (AvgIpc) is 2.84. The molecule has 0 saturated carbocycles. The molecule has 1 heterocycles. The number of carbonyl (C=O) groups excluding carboxylic acids is 1. The minimum absolute atomic E-state index is 0.125. The molecule has 0 saturated heterocycles. The van der Waals surface area contributed by atoms with Crippen LogP contribution in [-0.4, -0.2) is 47.7 Å². The molecule has 1 amide bonds. The lowest BCUT2D eigenvalue weighted by atomic mass is 10.3. The fourth-order valence-electron chi connectivity index (χ4n) is 1.43. The Labute approximate surface area is 130 Å². The van der Waals surface area contributed by atoms with Gasteiger partial charge in [0.1, 0.15) is 16.6 Å². The van der Waals surface area contributed by atoms with E-state index in [1.807, 2.05) is 45.8 Å². The third-order valence-corrected chi connectivity index (χ3v) is 3.57. The Morgan fingerprint density at radius 2 is 2.10 bits per heavy atom. The molecule has 0 aromatic carbocycles. The number of nitrogens with zero attached hydrogens (tertiary/aromatic N) is 3. The summed E-state index contributed by atoms with van der Waals surface area (Å²) in [5, 5.41) is 12.6. The Balaban J connectivity index is 2.46. The summed E-state index contributed by atoms with van der Waals surface area (Å²) in [6.45, 7) is 7.04. The largest absolute Gasteiger partial charge is 0.372 e. The third-order valence-electron chi connectivity index (χ3n) is 2.49. The Morgan fingerprint density at radius 1 is 1.38 bits per heavy atom. The van der Waals surface area contributed by atoms with Gasteiger partial charge in [-0.1, -0.05) is 17.4 Å². The zero-order valence-corrected chi connectivity index (χ0v) is 14.1. The molecule has 1 N–H and O–H groups in total. The number of hydrogen-bond donors (Lipinski definition) is 1. The first-order chi connectivity index (χ1) is 9.88. The standard InChI is InChI=1S/C14H24N4O2S/c1-10(2)20-9-13-16-17-14(21-13)11(3)15-12(19)7-6-8-18(4)5/h6-7,10-11H,8-9H2,1-5H3,(H,15,19)/b7-6+. The molecule has 0 radical (unpaired) electrons. The fraction of sp³-hybridized carbons (Fsp3) is 0.643. The lowest BCUT2D eigenvalue weighted by Crippen LogP contribution is -2.25. The van der Waals surface area contributed by atoms with Crippen LogP contribution in [0.3, 0.4) is 0 Å². The van der Waals surface area contributed by atoms with Crippen LogP contribution in [0.5, 0.6) is 0 Å². The molecule has 0 aliphatic heterocycles. The maximum atomic E-state index is 11.7. The summed E-state index contributed by atoms with van der Waals surface area (Å²) in [6, 6.07) is -0.160. The van der Waals surface area contributed by atoms with Crippen molar-refractivity contribution >= 4 is 17.2 Å². The molecule has 0 bridgehead atoms. The van der Waals surface area contributed by atoms with E-state index in [9.17, 15) is 4.79 Å². The Bertz CT molecular complexity index is 471. The lowest BCUT2D eigenvalue weighted by molar-refractivity contribution is -0.117. The molecule has 0 spiro atoms. The Hall–Kier alpha value is -1.31. The van der Waals surface area contributed by atoms with E-state index in [1.54, 1.807) is 6.08 Å². The second-order valence-corrected chi connectivity index (χ2v) is 6.38. The number of rotatable bonds is 8. The summed E-state index contributed by atoms with van der Waals surface area (Å²) in [5.41, 5.74) is 0. The highest BCUT2D eigenvalue weighted by atomic mass is 32.1. The summed E-state index contributed by atoms with van der Waals surface area (Å²) >= 11 is 1.46. The van der Waals surface area contributed by atoms with Crippen molar-refractivity contribution in [3.63, 3.8) is 0 Å². The summed E-state index contributed by atoms with van der Waals surface area (Å²) in [5.74, 6) is -0.125. The third kappa shape index (κ3) is 7.31. The number of nitrogens with one attached hydrogen (secondary N) is 1. The van der Waals surface area contributed by atoms with Crippen LogP contribution in [0.25, 0.3) is 0 Å². The molecule has 1 unspecified atom stereocenters. The lowest BCUT2D eigenvalue weighted by Gasteiger charge is -2.08. The second kappa shape index (κ2) is 8.86. The maximum Gasteiger partial charge on any atom is 0.244 e. The van der Waals surface area contributed by atoms with E-state index in [2.05, 4.69) is 15.5 Å². The van der Waals surface area contributed by atoms with E-state index in [0.717, 1.165) is 16.6 Å². The van der Waals surface area contributed by atoms with Crippen LogP contribution in [0.1, 0.15) is 36.8 Å². The van der Waals surface area contributed by atoms with Gasteiger partial charge in [0.25, 0.3) is 0 Å². The van der Waals surface area contributed by atoms with E-state index in [1.165, 1.54) is 11.3 Å². The average molecular weight is 312 g/mol. The van der Waals surface area contributed by atoms with Crippen molar-refractivity contribution in [2.45, 2.75) is 39.5 Å². The normalized spacial score (nSPS) is 13.3. The van der Waals surface area contributed by atoms with Crippen molar-refractivity contribution in [2.75, 3.05) is 20.6 Å². The molecule has 6 nitrogen and oxygen atoms in total. The van der Waals surface area contributed by atoms with Gasteiger partial charge in [-0.25, -0.2) is 0 Å². The first-order valence-electron chi connectivity index (χ1n) is 6.94. The van der Waals surface area contributed by atoms with E-state index in [0.29, 0.717) is 6.61 Å². The van der Waals surface area contributed by atoms with Crippen LogP contribution in [0.4, 0.5) is 0 Å². The van der Waals surface area contributed by atoms with Gasteiger partial charge in [0.2, 0.25) is 5.91 Å². The Morgan fingerprint density at radius 3 is 2.71 bits per heavy atom. The summed E-state index contributed by atoms with van der Waals surface area (Å²) in [4.78, 5) is 13.7. The van der Waals surface area contributed by atoms with Crippen LogP contribution in [0, 0.1) is 0 Å². The zero-order valence-electron chi connectivity index (χ0n) is 13.3. The number of carbonyl (C=O) groups is 1. The quantitative estimate of drug-likeness (QED) is 0.741. The first kappa shape index (κ1) is 17.7. The molecule has 21 heavy (non-hydrogen) atoms. The highest BCUT2D eigenvalue weighted by molar-refractivity contribution is 7.11. The van der Waals surface area contributed by atoms with Gasteiger partial charge in [0.15, 0.2) is 0 Å². The predicted octanol–water partition coefficient (Wildman–Crippen LogP) is 1.76. The zero-order chi connectivity index (χ0) is 15.8. The van der Waals surface area contributed by atoms with Crippen molar-refractivity contribution in [1.82, 2.24) is 20.4 Å². The molecule has 0 aliphatic carbocycles. The van der Waals surface area contributed by atoms with Gasteiger partial charge in [-0.15, -0.1) is 10.2 Å². The second-order valence-electron chi connectivity index (χ2n) is 5.29. The highest BCUT2D eigenvalue weighted by Crippen LogP contribution is 2.18. The van der Waals surface area contributed by atoms with Crippen molar-refractivity contribution in [2.24, 2.45) is 0 Å². The van der Waals surface area contributed by atoms with Crippen LogP contribution < -0.4 is 5.32 Å². The van der Waals surface area contributed by atoms with Gasteiger partial charge in [-0.3, -0.25) is 4.79 Å². The van der Waals surface area contributed by atoms with Crippen molar-refractivity contribution < 1.29 is 9.53 Å². The number of likely N-dealkylation sites (N-methyl/N-ethyl adjacent to an activating group) is 1. The molecule has 1 atom stereocenters. The number of hydrogen-bond acceptors (Lipinski definition) is 6. The van der Waals surface area contributed by atoms with Crippen molar-refractivity contribution in [3.8, 4) is 0 Å². The number of amides is 1. The van der Waals surface area contributed by atoms with Gasteiger partial charge in [-0.05, 0) is 34.9 Å². The predicted molar refractivity (Wildman–Crippen MR) is 84.1 cm³/mol. The minimum Gasteiger partial charge on any atom is -0.372 e. The molecule has 1 aromatic heterocycles. The van der Waals surface area contributed by atoms with Gasteiger partial charge in [-0.2, -0.15) is 0 Å². The van der Waals surface area contributed by atoms with Crippen LogP contribution in [0.2, 0.25) is 0 Å². The number of aromatic nitrogens is 2. The molecule has 0 fully saturated rings. The highest BCUT2D eigenvalue weighted by Gasteiger charge is 2.13. The number of ether oxygens (including phenoxy) is 1. The SMILES string of the molecule is CC(C)OCc1nnc(C(C)NC(=O)/C=C/CN(C)C)s1. The molecule has 118 valence electrons. The molecular formula is C14H24N4O2S. The first-order valence-corrected chi connectivity index (χ1v) is 7.75. The van der Waals surface area contributed by atoms with Gasteiger partial charge in [0.05, 0.1) is 12.1 Å². The van der Waals surface area contributed by atoms with Gasteiger partial charge < -0.3 is 15.0 Å². The molecule has 7 heteroatoms. The smallest absolute Gasteiger partial charge is 0.244 e. The van der Waals surface area contributed by atoms with E-state index < -0.39 is 0 Å². The van der Waals surface area contributed by atoms with E-state index >= 15 is 0 Å². The van der Waals surface area contributed by atoms with E-state index in [-0.39, 0.29) is 18.1 Å². The van der Waals surface area contributed by atoms with Gasteiger partial charge >= 0.3 is 0 Å². The van der Waals surface area contributed by atoms with Crippen molar-refractivity contribution in [3.05, 3.63) is 22.2 Å². The molecule has 0 aliphatic rings. The van der Waals surface area contributed by atoms with E-state index in [4.69, 9.17) is 4.74 Å².